The van der Waals surface area contributed by atoms with Crippen molar-refractivity contribution in [1.29, 1.82) is 0 Å². The van der Waals surface area contributed by atoms with Gasteiger partial charge in [-0.2, -0.15) is 13.2 Å². The Balaban J connectivity index is 2.57. The summed E-state index contributed by atoms with van der Waals surface area (Å²) in [6.07, 6.45) is -5.77. The van der Waals surface area contributed by atoms with Gasteiger partial charge in [0.05, 0.1) is 16.3 Å². The summed E-state index contributed by atoms with van der Waals surface area (Å²) >= 11 is 5.98. The lowest BCUT2D eigenvalue weighted by Gasteiger charge is -2.18. The zero-order valence-corrected chi connectivity index (χ0v) is 14.9. The minimum Gasteiger partial charge on any atom is -0.479 e. The Kier molecular flexibility index (Phi) is 5.65. The van der Waals surface area contributed by atoms with E-state index in [9.17, 15) is 18.0 Å². The Labute approximate surface area is 153 Å². The molecule has 1 N–H and O–H groups in total. The zero-order valence-electron chi connectivity index (χ0n) is 14.1. The van der Waals surface area contributed by atoms with E-state index in [0.717, 1.165) is 6.07 Å². The van der Waals surface area contributed by atoms with Gasteiger partial charge in [0.15, 0.2) is 6.10 Å². The number of nitrogens with zero attached hydrogens (tertiary/aromatic N) is 2. The van der Waals surface area contributed by atoms with Crippen LogP contribution in [0.15, 0.2) is 30.3 Å². The third-order valence-electron chi connectivity index (χ3n) is 3.48. The number of hydrogen-bond acceptors (Lipinski definition) is 4. The van der Waals surface area contributed by atoms with Crippen LogP contribution in [-0.2, 0) is 11.0 Å². The number of anilines is 1. The van der Waals surface area contributed by atoms with E-state index in [2.05, 4.69) is 4.98 Å². The molecule has 5 nitrogen and oxygen atoms in total. The van der Waals surface area contributed by atoms with Crippen molar-refractivity contribution in [3.8, 4) is 17.0 Å². The number of ether oxygens (including phenoxy) is 1. The van der Waals surface area contributed by atoms with Gasteiger partial charge in [0.25, 0.3) is 0 Å². The van der Waals surface area contributed by atoms with Crippen LogP contribution in [0.3, 0.4) is 0 Å². The third-order valence-corrected chi connectivity index (χ3v) is 3.86. The molecule has 26 heavy (non-hydrogen) atoms. The van der Waals surface area contributed by atoms with Crippen molar-refractivity contribution in [2.24, 2.45) is 0 Å². The Morgan fingerprint density at radius 1 is 1.31 bits per heavy atom. The van der Waals surface area contributed by atoms with Crippen LogP contribution < -0.4 is 9.64 Å². The van der Waals surface area contributed by atoms with Gasteiger partial charge in [-0.1, -0.05) is 23.7 Å². The van der Waals surface area contributed by atoms with E-state index in [1.54, 1.807) is 14.1 Å². The molecule has 0 spiro atoms. The van der Waals surface area contributed by atoms with E-state index in [-0.39, 0.29) is 22.8 Å². The summed E-state index contributed by atoms with van der Waals surface area (Å²) < 4.78 is 45.2. The molecular weight excluding hydrogens is 373 g/mol. The SMILES string of the molecule is C[C@H](Oc1cccc(-c2nc(N(C)C)cc(C(F)(F)F)c2Cl)c1)C(=O)O. The second-order valence-corrected chi connectivity index (χ2v) is 6.09. The Bertz CT molecular complexity index is 825. The highest BCUT2D eigenvalue weighted by molar-refractivity contribution is 6.34. The summed E-state index contributed by atoms with van der Waals surface area (Å²) in [6.45, 7) is 1.34. The van der Waals surface area contributed by atoms with E-state index in [1.807, 2.05) is 0 Å². The lowest BCUT2D eigenvalue weighted by molar-refractivity contribution is -0.144. The lowest BCUT2D eigenvalue weighted by Crippen LogP contribution is -2.22. The third kappa shape index (κ3) is 4.37. The molecule has 0 fully saturated rings. The molecule has 140 valence electrons. The zero-order chi connectivity index (χ0) is 19.6. The second kappa shape index (κ2) is 7.41. The number of benzene rings is 1. The van der Waals surface area contributed by atoms with E-state index >= 15 is 0 Å². The first-order valence-corrected chi connectivity index (χ1v) is 7.83. The van der Waals surface area contributed by atoms with Gasteiger partial charge >= 0.3 is 12.1 Å². The highest BCUT2D eigenvalue weighted by Gasteiger charge is 2.35. The molecule has 1 heterocycles. The first-order chi connectivity index (χ1) is 12.0. The van der Waals surface area contributed by atoms with Gasteiger partial charge in [-0.3, -0.25) is 0 Å². The fourth-order valence-corrected chi connectivity index (χ4v) is 2.43. The molecule has 0 saturated heterocycles. The number of halogens is 4. The largest absolute Gasteiger partial charge is 0.479 e. The summed E-state index contributed by atoms with van der Waals surface area (Å²) in [5.74, 6) is -0.901. The fourth-order valence-electron chi connectivity index (χ4n) is 2.11. The average Bonchev–Trinajstić information content (AvgIpc) is 2.53. The standard InChI is InChI=1S/C17H16ClF3N2O3/c1-9(16(24)25)26-11-6-4-5-10(7-11)15-14(18)12(17(19,20)21)8-13(22-15)23(2)3/h4-9H,1-3H3,(H,24,25)/t9-/m0/s1. The molecule has 2 rings (SSSR count). The van der Waals surface area contributed by atoms with E-state index in [0.29, 0.717) is 0 Å². The first kappa shape index (κ1) is 19.8. The quantitative estimate of drug-likeness (QED) is 0.825. The van der Waals surface area contributed by atoms with Crippen LogP contribution in [0.1, 0.15) is 12.5 Å². The summed E-state index contributed by atoms with van der Waals surface area (Å²) in [7, 11) is 3.13. The van der Waals surface area contributed by atoms with E-state index in [1.165, 1.54) is 36.1 Å². The molecule has 1 atom stereocenters. The molecule has 9 heteroatoms. The number of rotatable bonds is 5. The number of alkyl halides is 3. The number of carbonyl (C=O) groups is 1. The maximum atomic E-state index is 13.3. The number of pyridine rings is 1. The molecule has 0 aliphatic heterocycles. The minimum atomic E-state index is -4.65. The number of carboxylic acids is 1. The van der Waals surface area contributed by atoms with Crippen molar-refractivity contribution < 1.29 is 27.8 Å². The van der Waals surface area contributed by atoms with Crippen molar-refractivity contribution in [3.05, 3.63) is 40.9 Å². The minimum absolute atomic E-state index is 0.0707. The monoisotopic (exact) mass is 388 g/mol. The van der Waals surface area contributed by atoms with E-state index < -0.39 is 28.8 Å². The number of aromatic nitrogens is 1. The molecule has 0 saturated carbocycles. The van der Waals surface area contributed by atoms with Gasteiger partial charge in [0.2, 0.25) is 0 Å². The van der Waals surface area contributed by atoms with Crippen LogP contribution >= 0.6 is 11.6 Å². The molecule has 2 aromatic rings. The van der Waals surface area contributed by atoms with Gasteiger partial charge in [0, 0.05) is 19.7 Å². The smallest absolute Gasteiger partial charge is 0.418 e. The average molecular weight is 389 g/mol. The van der Waals surface area contributed by atoms with Crippen molar-refractivity contribution in [3.63, 3.8) is 0 Å². The molecule has 0 aliphatic rings. The molecule has 0 radical (unpaired) electrons. The Morgan fingerprint density at radius 3 is 2.50 bits per heavy atom. The molecule has 1 aromatic heterocycles. The first-order valence-electron chi connectivity index (χ1n) is 7.45. The van der Waals surface area contributed by atoms with Gasteiger partial charge in [-0.05, 0) is 25.1 Å². The van der Waals surface area contributed by atoms with Crippen molar-refractivity contribution in [2.75, 3.05) is 19.0 Å². The lowest BCUT2D eigenvalue weighted by atomic mass is 10.1. The van der Waals surface area contributed by atoms with E-state index in [4.69, 9.17) is 21.4 Å². The molecule has 1 aromatic carbocycles. The predicted octanol–water partition coefficient (Wildman–Crippen LogP) is 4.34. The number of carboxylic acid groups (broad SMARTS) is 1. The molecule has 0 bridgehead atoms. The normalized spacial score (nSPS) is 12.6. The van der Waals surface area contributed by atoms with Crippen molar-refractivity contribution in [2.45, 2.75) is 19.2 Å². The highest BCUT2D eigenvalue weighted by atomic mass is 35.5. The summed E-state index contributed by atoms with van der Waals surface area (Å²) in [5, 5.41) is 8.37. The summed E-state index contributed by atoms with van der Waals surface area (Å²) in [4.78, 5) is 16.5. The second-order valence-electron chi connectivity index (χ2n) is 5.71. The van der Waals surface area contributed by atoms with Crippen LogP contribution in [0.4, 0.5) is 19.0 Å². The van der Waals surface area contributed by atoms with Crippen LogP contribution in [0.2, 0.25) is 5.02 Å². The maximum absolute atomic E-state index is 13.3. The van der Waals surface area contributed by atoms with Gasteiger partial charge < -0.3 is 14.7 Å². The van der Waals surface area contributed by atoms with Crippen LogP contribution in [0.5, 0.6) is 5.75 Å². The Morgan fingerprint density at radius 2 is 1.96 bits per heavy atom. The van der Waals surface area contributed by atoms with Crippen molar-refractivity contribution in [1.82, 2.24) is 4.98 Å². The number of aliphatic carboxylic acids is 1. The van der Waals surface area contributed by atoms with Gasteiger partial charge in [0.1, 0.15) is 11.6 Å². The molecule has 0 unspecified atom stereocenters. The highest BCUT2D eigenvalue weighted by Crippen LogP contribution is 2.41. The van der Waals surface area contributed by atoms with Crippen LogP contribution in [-0.4, -0.2) is 36.3 Å². The van der Waals surface area contributed by atoms with Gasteiger partial charge in [-0.15, -0.1) is 0 Å². The van der Waals surface area contributed by atoms with Crippen LogP contribution in [0, 0.1) is 0 Å². The van der Waals surface area contributed by atoms with Crippen molar-refractivity contribution >= 4 is 23.4 Å². The summed E-state index contributed by atoms with van der Waals surface area (Å²) in [5.41, 5.74) is -0.795. The topological polar surface area (TPSA) is 62.7 Å². The molecular formula is C17H16ClF3N2O3. The Hall–Kier alpha value is -2.48. The van der Waals surface area contributed by atoms with Gasteiger partial charge in [-0.25, -0.2) is 9.78 Å². The molecule has 0 aliphatic carbocycles. The maximum Gasteiger partial charge on any atom is 0.418 e. The number of hydrogen-bond donors (Lipinski definition) is 1. The summed E-state index contributed by atoms with van der Waals surface area (Å²) in [6, 6.07) is 6.81. The fraction of sp³-hybridized carbons (Fsp3) is 0.294. The van der Waals surface area contributed by atoms with Crippen LogP contribution in [0.25, 0.3) is 11.3 Å². The predicted molar refractivity (Wildman–Crippen MR) is 91.7 cm³/mol. The molecule has 0 amide bonds.